The lowest BCUT2D eigenvalue weighted by Gasteiger charge is -2.14. The van der Waals surface area contributed by atoms with Crippen molar-refractivity contribution in [3.05, 3.63) is 23.7 Å². The van der Waals surface area contributed by atoms with E-state index in [-0.39, 0.29) is 0 Å². The number of aromatic nitrogens is 3. The number of alkyl halides is 1. The first-order valence-electron chi connectivity index (χ1n) is 5.55. The second kappa shape index (κ2) is 5.27. The number of aryl methyl sites for hydroxylation is 1. The van der Waals surface area contributed by atoms with E-state index in [0.29, 0.717) is 11.9 Å². The Labute approximate surface area is 111 Å². The SMILES string of the molecule is CSCC(C)n1c(CCl)nc2cc(C)cnc21. The Hall–Kier alpha value is -0.740. The maximum absolute atomic E-state index is 5.97. The molecule has 0 aliphatic carbocycles. The lowest BCUT2D eigenvalue weighted by atomic mass is 10.3. The number of nitrogens with zero attached hydrogens (tertiary/aromatic N) is 3. The van der Waals surface area contributed by atoms with Gasteiger partial charge in [0, 0.05) is 18.0 Å². The van der Waals surface area contributed by atoms with Crippen molar-refractivity contribution in [2.45, 2.75) is 25.8 Å². The summed E-state index contributed by atoms with van der Waals surface area (Å²) in [5, 5.41) is 0. The van der Waals surface area contributed by atoms with Crippen LogP contribution >= 0.6 is 23.4 Å². The first-order chi connectivity index (χ1) is 8.17. The molecule has 0 saturated heterocycles. The summed E-state index contributed by atoms with van der Waals surface area (Å²) in [6, 6.07) is 2.42. The van der Waals surface area contributed by atoms with E-state index >= 15 is 0 Å². The molecule has 2 rings (SSSR count). The lowest BCUT2D eigenvalue weighted by Crippen LogP contribution is -2.11. The molecular formula is C12H16ClN3S. The fourth-order valence-corrected chi connectivity index (χ4v) is 2.82. The summed E-state index contributed by atoms with van der Waals surface area (Å²) in [6.45, 7) is 4.20. The normalized spacial score (nSPS) is 13.2. The van der Waals surface area contributed by atoms with Gasteiger partial charge in [-0.1, -0.05) is 0 Å². The van der Waals surface area contributed by atoms with Gasteiger partial charge in [0.1, 0.15) is 11.3 Å². The minimum Gasteiger partial charge on any atom is -0.308 e. The Morgan fingerprint density at radius 3 is 2.94 bits per heavy atom. The van der Waals surface area contributed by atoms with E-state index in [4.69, 9.17) is 11.6 Å². The van der Waals surface area contributed by atoms with Gasteiger partial charge in [0.25, 0.3) is 0 Å². The average molecular weight is 270 g/mol. The smallest absolute Gasteiger partial charge is 0.160 e. The van der Waals surface area contributed by atoms with Gasteiger partial charge in [-0.15, -0.1) is 11.6 Å². The highest BCUT2D eigenvalue weighted by molar-refractivity contribution is 7.98. The lowest BCUT2D eigenvalue weighted by molar-refractivity contribution is 0.601. The first kappa shape index (κ1) is 12.7. The highest BCUT2D eigenvalue weighted by Gasteiger charge is 2.15. The average Bonchev–Trinajstić information content (AvgIpc) is 2.66. The third-order valence-corrected chi connectivity index (χ3v) is 3.76. The molecule has 0 amide bonds. The van der Waals surface area contributed by atoms with Gasteiger partial charge in [0.05, 0.1) is 5.88 Å². The molecule has 0 saturated carbocycles. The molecule has 2 aromatic rings. The molecule has 1 atom stereocenters. The van der Waals surface area contributed by atoms with Crippen molar-refractivity contribution < 1.29 is 0 Å². The molecular weight excluding hydrogens is 254 g/mol. The number of hydrogen-bond donors (Lipinski definition) is 0. The summed E-state index contributed by atoms with van der Waals surface area (Å²) in [5.41, 5.74) is 3.00. The van der Waals surface area contributed by atoms with Crippen LogP contribution in [-0.2, 0) is 5.88 Å². The maximum atomic E-state index is 5.97. The van der Waals surface area contributed by atoms with Gasteiger partial charge in [-0.25, -0.2) is 9.97 Å². The van der Waals surface area contributed by atoms with E-state index in [1.807, 2.05) is 24.9 Å². The number of rotatable bonds is 4. The Kier molecular flexibility index (Phi) is 3.94. The highest BCUT2D eigenvalue weighted by Crippen LogP contribution is 2.23. The standard InChI is InChI=1S/C12H16ClN3S/c1-8-4-10-12(14-6-8)16(9(2)7-17-3)11(5-13)15-10/h4,6,9H,5,7H2,1-3H3. The summed E-state index contributed by atoms with van der Waals surface area (Å²) in [5.74, 6) is 2.36. The second-order valence-corrected chi connectivity index (χ2v) is 5.37. The fourth-order valence-electron chi connectivity index (χ4n) is 2.00. The quantitative estimate of drug-likeness (QED) is 0.797. The van der Waals surface area contributed by atoms with Crippen molar-refractivity contribution in [2.24, 2.45) is 0 Å². The number of thioether (sulfide) groups is 1. The zero-order valence-corrected chi connectivity index (χ0v) is 11.8. The van der Waals surface area contributed by atoms with Crippen molar-refractivity contribution in [2.75, 3.05) is 12.0 Å². The molecule has 17 heavy (non-hydrogen) atoms. The van der Waals surface area contributed by atoms with Gasteiger partial charge in [-0.05, 0) is 31.7 Å². The van der Waals surface area contributed by atoms with E-state index in [0.717, 1.165) is 28.3 Å². The van der Waals surface area contributed by atoms with Crippen LogP contribution in [0.15, 0.2) is 12.3 Å². The third-order valence-electron chi connectivity index (χ3n) is 2.71. The van der Waals surface area contributed by atoms with Crippen molar-refractivity contribution in [1.29, 1.82) is 0 Å². The van der Waals surface area contributed by atoms with Crippen LogP contribution < -0.4 is 0 Å². The van der Waals surface area contributed by atoms with Crippen molar-refractivity contribution in [3.8, 4) is 0 Å². The van der Waals surface area contributed by atoms with Crippen LogP contribution in [0.1, 0.15) is 24.4 Å². The predicted molar refractivity (Wildman–Crippen MR) is 74.9 cm³/mol. The minimum absolute atomic E-state index is 0.360. The van der Waals surface area contributed by atoms with Crippen LogP contribution in [0.2, 0.25) is 0 Å². The van der Waals surface area contributed by atoms with Crippen LogP contribution in [0.4, 0.5) is 0 Å². The topological polar surface area (TPSA) is 30.7 Å². The molecule has 92 valence electrons. The predicted octanol–water partition coefficient (Wildman–Crippen LogP) is 3.40. The van der Waals surface area contributed by atoms with Gasteiger partial charge in [-0.2, -0.15) is 11.8 Å². The maximum Gasteiger partial charge on any atom is 0.160 e. The Morgan fingerprint density at radius 1 is 1.53 bits per heavy atom. The van der Waals surface area contributed by atoms with E-state index in [1.54, 1.807) is 0 Å². The molecule has 0 radical (unpaired) electrons. The second-order valence-electron chi connectivity index (χ2n) is 4.19. The van der Waals surface area contributed by atoms with Crippen LogP contribution in [-0.4, -0.2) is 26.5 Å². The molecule has 0 aliphatic rings. The first-order valence-corrected chi connectivity index (χ1v) is 7.48. The van der Waals surface area contributed by atoms with Crippen molar-refractivity contribution >= 4 is 34.5 Å². The van der Waals surface area contributed by atoms with Crippen LogP contribution in [0.25, 0.3) is 11.2 Å². The fraction of sp³-hybridized carbons (Fsp3) is 0.500. The minimum atomic E-state index is 0.360. The van der Waals surface area contributed by atoms with Gasteiger partial charge in [0.15, 0.2) is 5.65 Å². The molecule has 0 fully saturated rings. The van der Waals surface area contributed by atoms with Crippen molar-refractivity contribution in [1.82, 2.24) is 14.5 Å². The Bertz CT molecular complexity index is 524. The Balaban J connectivity index is 2.58. The molecule has 0 bridgehead atoms. The van der Waals surface area contributed by atoms with E-state index in [2.05, 4.69) is 33.8 Å². The number of pyridine rings is 1. The molecule has 0 spiro atoms. The van der Waals surface area contributed by atoms with Crippen molar-refractivity contribution in [3.63, 3.8) is 0 Å². The molecule has 5 heteroatoms. The highest BCUT2D eigenvalue weighted by atomic mass is 35.5. The van der Waals surface area contributed by atoms with Crippen LogP contribution in [0.5, 0.6) is 0 Å². The van der Waals surface area contributed by atoms with E-state index < -0.39 is 0 Å². The molecule has 0 aliphatic heterocycles. The molecule has 0 aromatic carbocycles. The summed E-state index contributed by atoms with van der Waals surface area (Å²) >= 11 is 7.79. The summed E-state index contributed by atoms with van der Waals surface area (Å²) in [7, 11) is 0. The third kappa shape index (κ3) is 2.43. The van der Waals surface area contributed by atoms with Crippen LogP contribution in [0.3, 0.4) is 0 Å². The number of hydrogen-bond acceptors (Lipinski definition) is 3. The molecule has 3 nitrogen and oxygen atoms in total. The van der Waals surface area contributed by atoms with Gasteiger partial charge in [-0.3, -0.25) is 0 Å². The number of halogens is 1. The van der Waals surface area contributed by atoms with E-state index in [9.17, 15) is 0 Å². The largest absolute Gasteiger partial charge is 0.308 e. The number of fused-ring (bicyclic) bond motifs is 1. The zero-order chi connectivity index (χ0) is 12.4. The van der Waals surface area contributed by atoms with Gasteiger partial charge < -0.3 is 4.57 Å². The number of imidazole rings is 1. The summed E-state index contributed by atoms with van der Waals surface area (Å²) < 4.78 is 2.15. The molecule has 2 aromatic heterocycles. The van der Waals surface area contributed by atoms with Gasteiger partial charge >= 0.3 is 0 Å². The van der Waals surface area contributed by atoms with E-state index in [1.165, 1.54) is 0 Å². The molecule has 0 N–H and O–H groups in total. The summed E-state index contributed by atoms with van der Waals surface area (Å²) in [6.07, 6.45) is 3.98. The van der Waals surface area contributed by atoms with Crippen LogP contribution in [0, 0.1) is 6.92 Å². The monoisotopic (exact) mass is 269 g/mol. The molecule has 1 unspecified atom stereocenters. The molecule has 2 heterocycles. The summed E-state index contributed by atoms with van der Waals surface area (Å²) in [4.78, 5) is 9.04. The Morgan fingerprint density at radius 2 is 2.29 bits per heavy atom. The zero-order valence-electron chi connectivity index (χ0n) is 10.3. The van der Waals surface area contributed by atoms with Gasteiger partial charge in [0.2, 0.25) is 0 Å².